The van der Waals surface area contributed by atoms with Crippen LogP contribution in [0.5, 0.6) is 5.75 Å². The van der Waals surface area contributed by atoms with E-state index in [0.717, 1.165) is 31.6 Å². The molecule has 0 fully saturated rings. The lowest BCUT2D eigenvalue weighted by molar-refractivity contribution is 0.170. The van der Waals surface area contributed by atoms with Crippen molar-refractivity contribution in [3.63, 3.8) is 0 Å². The summed E-state index contributed by atoms with van der Waals surface area (Å²) in [5, 5.41) is 3.42. The number of hydrogen-bond donors (Lipinski definition) is 1. The highest BCUT2D eigenvalue weighted by Gasteiger charge is 2.14. The molecular formula is C16H27NO2. The van der Waals surface area contributed by atoms with E-state index in [-0.39, 0.29) is 0 Å². The first-order valence-electron chi connectivity index (χ1n) is 7.00. The molecule has 0 heterocycles. The summed E-state index contributed by atoms with van der Waals surface area (Å²) in [6.45, 7) is 3.12. The van der Waals surface area contributed by atoms with Crippen LogP contribution in [0.25, 0.3) is 0 Å². The first-order valence-corrected chi connectivity index (χ1v) is 7.00. The quantitative estimate of drug-likeness (QED) is 0.744. The zero-order chi connectivity index (χ0) is 14.1. The summed E-state index contributed by atoms with van der Waals surface area (Å²) < 4.78 is 10.3. The van der Waals surface area contributed by atoms with Crippen LogP contribution < -0.4 is 10.1 Å². The molecule has 3 nitrogen and oxygen atoms in total. The predicted octanol–water partition coefficient (Wildman–Crippen LogP) is 2.89. The van der Waals surface area contributed by atoms with E-state index in [9.17, 15) is 0 Å². The molecule has 0 radical (unpaired) electrons. The van der Waals surface area contributed by atoms with Crippen molar-refractivity contribution >= 4 is 0 Å². The smallest absolute Gasteiger partial charge is 0.118 e. The number of ether oxygens (including phenoxy) is 2. The average Bonchev–Trinajstić information content (AvgIpc) is 2.46. The molecule has 0 aliphatic rings. The van der Waals surface area contributed by atoms with Gasteiger partial charge in [-0.1, -0.05) is 19.1 Å². The predicted molar refractivity (Wildman–Crippen MR) is 79.8 cm³/mol. The number of methoxy groups -OCH3 is 2. The molecule has 1 N–H and O–H groups in total. The van der Waals surface area contributed by atoms with Crippen LogP contribution in [0.2, 0.25) is 0 Å². The molecule has 0 spiro atoms. The minimum Gasteiger partial charge on any atom is -0.497 e. The van der Waals surface area contributed by atoms with Gasteiger partial charge in [-0.05, 0) is 49.9 Å². The van der Waals surface area contributed by atoms with Crippen molar-refractivity contribution < 1.29 is 9.47 Å². The molecule has 0 amide bonds. The second kappa shape index (κ2) is 8.94. The van der Waals surface area contributed by atoms with Gasteiger partial charge in [0.05, 0.1) is 7.11 Å². The second-order valence-electron chi connectivity index (χ2n) is 5.04. The maximum atomic E-state index is 5.17. The van der Waals surface area contributed by atoms with E-state index < -0.39 is 0 Å². The van der Waals surface area contributed by atoms with Gasteiger partial charge in [0.1, 0.15) is 5.75 Å². The summed E-state index contributed by atoms with van der Waals surface area (Å²) in [6, 6.07) is 8.88. The zero-order valence-electron chi connectivity index (χ0n) is 12.6. The molecule has 0 saturated heterocycles. The number of benzene rings is 1. The molecule has 1 aromatic carbocycles. The molecule has 0 aliphatic heterocycles. The van der Waals surface area contributed by atoms with E-state index in [1.807, 2.05) is 19.2 Å². The van der Waals surface area contributed by atoms with E-state index in [4.69, 9.17) is 9.47 Å². The molecule has 0 aromatic heterocycles. The molecule has 0 bridgehead atoms. The van der Waals surface area contributed by atoms with Gasteiger partial charge in [0.15, 0.2) is 0 Å². The summed E-state index contributed by atoms with van der Waals surface area (Å²) in [7, 11) is 5.50. The molecule has 0 saturated carbocycles. The normalized spacial score (nSPS) is 14.1. The van der Waals surface area contributed by atoms with Gasteiger partial charge in [-0.25, -0.2) is 0 Å². The molecule has 2 atom stereocenters. The van der Waals surface area contributed by atoms with Gasteiger partial charge >= 0.3 is 0 Å². The fourth-order valence-electron chi connectivity index (χ4n) is 2.33. The monoisotopic (exact) mass is 265 g/mol. The lowest BCUT2D eigenvalue weighted by atomic mass is 9.93. The number of hydrogen-bond acceptors (Lipinski definition) is 3. The maximum absolute atomic E-state index is 5.17. The summed E-state index contributed by atoms with van der Waals surface area (Å²) in [4.78, 5) is 0. The second-order valence-corrected chi connectivity index (χ2v) is 5.04. The molecule has 2 unspecified atom stereocenters. The fraction of sp³-hybridized carbons (Fsp3) is 0.625. The summed E-state index contributed by atoms with van der Waals surface area (Å²) in [5.41, 5.74) is 1.36. The summed E-state index contributed by atoms with van der Waals surface area (Å²) in [6.07, 6.45) is 3.34. The van der Waals surface area contributed by atoms with Crippen LogP contribution in [0.15, 0.2) is 24.3 Å². The Bertz CT molecular complexity index is 337. The Morgan fingerprint density at radius 2 is 1.79 bits per heavy atom. The van der Waals surface area contributed by atoms with Crippen LogP contribution in [0.3, 0.4) is 0 Å². The lowest BCUT2D eigenvalue weighted by Crippen LogP contribution is -2.33. The van der Waals surface area contributed by atoms with Crippen LogP contribution >= 0.6 is 0 Å². The zero-order valence-corrected chi connectivity index (χ0v) is 12.6. The van der Waals surface area contributed by atoms with Crippen LogP contribution in [-0.2, 0) is 11.2 Å². The Kier molecular flexibility index (Phi) is 7.53. The van der Waals surface area contributed by atoms with Crippen molar-refractivity contribution in [3.8, 4) is 5.75 Å². The summed E-state index contributed by atoms with van der Waals surface area (Å²) in [5.74, 6) is 1.55. The number of nitrogens with one attached hydrogen (secondary N) is 1. The third-order valence-electron chi connectivity index (χ3n) is 3.74. The Hall–Kier alpha value is -1.06. The van der Waals surface area contributed by atoms with Crippen molar-refractivity contribution in [3.05, 3.63) is 29.8 Å². The third kappa shape index (κ3) is 5.62. The SMILES string of the molecule is CNC(CCc1ccc(OC)cc1)C(C)CCOC. The van der Waals surface area contributed by atoms with Crippen molar-refractivity contribution in [2.75, 3.05) is 27.9 Å². The van der Waals surface area contributed by atoms with E-state index >= 15 is 0 Å². The fourth-order valence-corrected chi connectivity index (χ4v) is 2.33. The minimum absolute atomic E-state index is 0.539. The van der Waals surface area contributed by atoms with Crippen LogP contribution in [0, 0.1) is 5.92 Å². The highest BCUT2D eigenvalue weighted by atomic mass is 16.5. The lowest BCUT2D eigenvalue weighted by Gasteiger charge is -2.23. The topological polar surface area (TPSA) is 30.5 Å². The summed E-state index contributed by atoms with van der Waals surface area (Å²) >= 11 is 0. The van der Waals surface area contributed by atoms with Crippen molar-refractivity contribution in [2.24, 2.45) is 5.92 Å². The molecule has 0 aliphatic carbocycles. The Morgan fingerprint density at radius 1 is 1.11 bits per heavy atom. The van der Waals surface area contributed by atoms with E-state index in [2.05, 4.69) is 24.4 Å². The van der Waals surface area contributed by atoms with Gasteiger partial charge in [0.2, 0.25) is 0 Å². The highest BCUT2D eigenvalue weighted by molar-refractivity contribution is 5.27. The Morgan fingerprint density at radius 3 is 2.32 bits per heavy atom. The Labute approximate surface area is 117 Å². The standard InChI is InChI=1S/C16H27NO2/c1-13(11-12-18-3)16(17-2)10-7-14-5-8-15(19-4)9-6-14/h5-6,8-9,13,16-17H,7,10-12H2,1-4H3. The van der Waals surface area contributed by atoms with Crippen LogP contribution in [0.4, 0.5) is 0 Å². The molecule has 1 rings (SSSR count). The highest BCUT2D eigenvalue weighted by Crippen LogP contribution is 2.17. The van der Waals surface area contributed by atoms with Crippen molar-refractivity contribution in [1.29, 1.82) is 0 Å². The first-order chi connectivity index (χ1) is 9.21. The maximum Gasteiger partial charge on any atom is 0.118 e. The third-order valence-corrected chi connectivity index (χ3v) is 3.74. The number of rotatable bonds is 9. The number of aryl methyl sites for hydroxylation is 1. The first kappa shape index (κ1) is 16.0. The van der Waals surface area contributed by atoms with Crippen LogP contribution in [-0.4, -0.2) is 33.9 Å². The van der Waals surface area contributed by atoms with E-state index in [0.29, 0.717) is 12.0 Å². The van der Waals surface area contributed by atoms with Gasteiger partial charge in [-0.2, -0.15) is 0 Å². The Balaban J connectivity index is 2.43. The molecule has 19 heavy (non-hydrogen) atoms. The van der Waals surface area contributed by atoms with Crippen LogP contribution in [0.1, 0.15) is 25.3 Å². The van der Waals surface area contributed by atoms with Gasteiger partial charge in [0, 0.05) is 19.8 Å². The molecular weight excluding hydrogens is 238 g/mol. The molecule has 3 heteroatoms. The minimum atomic E-state index is 0.539. The largest absolute Gasteiger partial charge is 0.497 e. The molecule has 1 aromatic rings. The van der Waals surface area contributed by atoms with Crippen molar-refractivity contribution in [2.45, 2.75) is 32.2 Å². The average molecular weight is 265 g/mol. The van der Waals surface area contributed by atoms with Gasteiger partial charge in [0.25, 0.3) is 0 Å². The van der Waals surface area contributed by atoms with Crippen molar-refractivity contribution in [1.82, 2.24) is 5.32 Å². The van der Waals surface area contributed by atoms with Gasteiger partial charge in [-0.15, -0.1) is 0 Å². The van der Waals surface area contributed by atoms with Gasteiger partial charge < -0.3 is 14.8 Å². The van der Waals surface area contributed by atoms with Gasteiger partial charge in [-0.3, -0.25) is 0 Å². The van der Waals surface area contributed by atoms with E-state index in [1.54, 1.807) is 14.2 Å². The molecule has 108 valence electrons. The van der Waals surface area contributed by atoms with E-state index in [1.165, 1.54) is 5.56 Å².